The first-order valence-electron chi connectivity index (χ1n) is 11.3. The largest absolute Gasteiger partial charge is 0.388 e. The predicted octanol–water partition coefficient (Wildman–Crippen LogP) is 7.27. The molecule has 0 amide bonds. The first kappa shape index (κ1) is 20.7. The zero-order valence-electron chi connectivity index (χ0n) is 18.9. The summed E-state index contributed by atoms with van der Waals surface area (Å²) < 4.78 is 0. The van der Waals surface area contributed by atoms with Crippen molar-refractivity contribution in [3.05, 3.63) is 101 Å². The van der Waals surface area contributed by atoms with Gasteiger partial charge in [-0.05, 0) is 73.6 Å². The maximum absolute atomic E-state index is 4.41. The van der Waals surface area contributed by atoms with Gasteiger partial charge in [0.2, 0.25) is 0 Å². The SMILES string of the molecule is C=C(/C=C1\CC1(C)CCCNC(=C)C1(c2cccc(C)c2)CC1)c1ccccc1C. The fourth-order valence-corrected chi connectivity index (χ4v) is 4.79. The van der Waals surface area contributed by atoms with Crippen LogP contribution in [0.1, 0.15) is 61.3 Å². The van der Waals surface area contributed by atoms with Gasteiger partial charge in [-0.2, -0.15) is 0 Å². The molecular formula is C29H35N. The Morgan fingerprint density at radius 3 is 2.53 bits per heavy atom. The maximum Gasteiger partial charge on any atom is 0.0345 e. The highest BCUT2D eigenvalue weighted by Crippen LogP contribution is 2.56. The lowest BCUT2D eigenvalue weighted by Gasteiger charge is -2.21. The van der Waals surface area contributed by atoms with E-state index in [2.05, 4.69) is 93.9 Å². The Kier molecular flexibility index (Phi) is 5.49. The molecule has 4 rings (SSSR count). The molecule has 2 aromatic rings. The molecule has 0 saturated heterocycles. The number of allylic oxidation sites excluding steroid dienone is 4. The second-order valence-corrected chi connectivity index (χ2v) is 9.71. The van der Waals surface area contributed by atoms with Crippen LogP contribution in [-0.4, -0.2) is 6.54 Å². The molecule has 2 fully saturated rings. The third kappa shape index (κ3) is 4.17. The van der Waals surface area contributed by atoms with Crippen molar-refractivity contribution in [3.8, 4) is 0 Å². The van der Waals surface area contributed by atoms with Gasteiger partial charge in [-0.3, -0.25) is 0 Å². The van der Waals surface area contributed by atoms with E-state index in [1.54, 1.807) is 5.57 Å². The summed E-state index contributed by atoms with van der Waals surface area (Å²) in [6, 6.07) is 17.4. The number of benzene rings is 2. The highest BCUT2D eigenvalue weighted by atomic mass is 14.9. The minimum atomic E-state index is 0.172. The van der Waals surface area contributed by atoms with E-state index in [-0.39, 0.29) is 5.41 Å². The lowest BCUT2D eigenvalue weighted by Crippen LogP contribution is -2.24. The molecule has 0 bridgehead atoms. The third-order valence-corrected chi connectivity index (χ3v) is 7.21. The van der Waals surface area contributed by atoms with E-state index >= 15 is 0 Å². The summed E-state index contributed by atoms with van der Waals surface area (Å²) in [7, 11) is 0. The number of rotatable bonds is 9. The molecular weight excluding hydrogens is 362 g/mol. The molecule has 0 spiro atoms. The maximum atomic E-state index is 4.41. The summed E-state index contributed by atoms with van der Waals surface area (Å²) in [6.45, 7) is 16.5. The van der Waals surface area contributed by atoms with Crippen LogP contribution in [0.5, 0.6) is 0 Å². The summed E-state index contributed by atoms with van der Waals surface area (Å²) in [4.78, 5) is 0. The third-order valence-electron chi connectivity index (χ3n) is 7.21. The van der Waals surface area contributed by atoms with Crippen molar-refractivity contribution in [2.24, 2.45) is 5.41 Å². The number of hydrogen-bond acceptors (Lipinski definition) is 1. The van der Waals surface area contributed by atoms with Gasteiger partial charge in [0, 0.05) is 17.7 Å². The van der Waals surface area contributed by atoms with Crippen LogP contribution in [0.25, 0.3) is 5.57 Å². The first-order chi connectivity index (χ1) is 14.3. The molecule has 156 valence electrons. The fraction of sp³-hybridized carbons (Fsp3) is 0.379. The first-order valence-corrected chi connectivity index (χ1v) is 11.3. The monoisotopic (exact) mass is 397 g/mol. The van der Waals surface area contributed by atoms with Crippen molar-refractivity contribution in [1.82, 2.24) is 5.32 Å². The summed E-state index contributed by atoms with van der Waals surface area (Å²) in [5.74, 6) is 0. The van der Waals surface area contributed by atoms with Gasteiger partial charge in [-0.15, -0.1) is 0 Å². The van der Waals surface area contributed by atoms with Gasteiger partial charge in [0.05, 0.1) is 0 Å². The summed E-state index contributed by atoms with van der Waals surface area (Å²) >= 11 is 0. The van der Waals surface area contributed by atoms with Crippen molar-refractivity contribution in [2.75, 3.05) is 6.54 Å². The van der Waals surface area contributed by atoms with Gasteiger partial charge in [0.15, 0.2) is 0 Å². The molecule has 1 nitrogen and oxygen atoms in total. The van der Waals surface area contributed by atoms with E-state index in [1.807, 2.05) is 0 Å². The van der Waals surface area contributed by atoms with Gasteiger partial charge in [-0.25, -0.2) is 0 Å². The lowest BCUT2D eigenvalue weighted by molar-refractivity contribution is 0.503. The summed E-state index contributed by atoms with van der Waals surface area (Å²) in [6.07, 6.45) is 8.35. The second-order valence-electron chi connectivity index (χ2n) is 9.71. The zero-order valence-corrected chi connectivity index (χ0v) is 18.9. The van der Waals surface area contributed by atoms with E-state index in [9.17, 15) is 0 Å². The summed E-state index contributed by atoms with van der Waals surface area (Å²) in [5, 5.41) is 3.66. The van der Waals surface area contributed by atoms with E-state index in [0.717, 1.165) is 12.1 Å². The fourth-order valence-electron chi connectivity index (χ4n) is 4.79. The quantitative estimate of drug-likeness (QED) is 0.439. The minimum Gasteiger partial charge on any atom is -0.388 e. The molecule has 2 aliphatic rings. The van der Waals surface area contributed by atoms with Crippen molar-refractivity contribution in [3.63, 3.8) is 0 Å². The van der Waals surface area contributed by atoms with Gasteiger partial charge in [0.1, 0.15) is 0 Å². The molecule has 1 heteroatoms. The lowest BCUT2D eigenvalue weighted by atomic mass is 9.91. The Labute approximate surface area is 182 Å². The van der Waals surface area contributed by atoms with Gasteiger partial charge < -0.3 is 5.32 Å². The number of hydrogen-bond donors (Lipinski definition) is 1. The molecule has 1 N–H and O–H groups in total. The van der Waals surface area contributed by atoms with Crippen LogP contribution < -0.4 is 5.32 Å². The molecule has 2 aromatic carbocycles. The highest BCUT2D eigenvalue weighted by molar-refractivity contribution is 5.76. The van der Waals surface area contributed by atoms with Crippen LogP contribution in [0.3, 0.4) is 0 Å². The van der Waals surface area contributed by atoms with E-state index in [1.165, 1.54) is 60.1 Å². The summed E-state index contributed by atoms with van der Waals surface area (Å²) in [5.41, 5.74) is 9.75. The average molecular weight is 398 g/mol. The molecule has 1 unspecified atom stereocenters. The molecule has 0 radical (unpaired) electrons. The Bertz CT molecular complexity index is 1000. The zero-order chi connectivity index (χ0) is 21.4. The molecule has 1 atom stereocenters. The Morgan fingerprint density at radius 2 is 1.83 bits per heavy atom. The Morgan fingerprint density at radius 1 is 1.07 bits per heavy atom. The Hall–Kier alpha value is -2.54. The van der Waals surface area contributed by atoms with Crippen molar-refractivity contribution < 1.29 is 0 Å². The number of aryl methyl sites for hydroxylation is 2. The minimum absolute atomic E-state index is 0.172. The van der Waals surface area contributed by atoms with Crippen LogP contribution in [-0.2, 0) is 5.41 Å². The smallest absolute Gasteiger partial charge is 0.0345 e. The van der Waals surface area contributed by atoms with Crippen LogP contribution in [0, 0.1) is 19.3 Å². The van der Waals surface area contributed by atoms with E-state index in [0.29, 0.717) is 5.41 Å². The standard InChI is InChI=1S/C29H35N/c1-21-10-8-12-25(18-21)29(15-16-29)24(4)30-17-9-14-28(5)20-26(28)19-23(3)27-13-7-6-11-22(27)2/h6-8,10-13,18-19,30H,3-4,9,14-17,20H2,1-2,5H3/b26-19+. The van der Waals surface area contributed by atoms with Gasteiger partial charge in [-0.1, -0.05) is 85.8 Å². The molecule has 0 heterocycles. The van der Waals surface area contributed by atoms with Crippen molar-refractivity contribution >= 4 is 5.57 Å². The van der Waals surface area contributed by atoms with Crippen molar-refractivity contribution in [2.45, 2.75) is 58.3 Å². The average Bonchev–Trinajstić information content (AvgIpc) is 3.63. The molecule has 2 saturated carbocycles. The Balaban J connectivity index is 1.27. The van der Waals surface area contributed by atoms with Crippen LogP contribution in [0.4, 0.5) is 0 Å². The van der Waals surface area contributed by atoms with E-state index in [4.69, 9.17) is 0 Å². The van der Waals surface area contributed by atoms with Crippen molar-refractivity contribution in [1.29, 1.82) is 0 Å². The van der Waals surface area contributed by atoms with Crippen LogP contribution >= 0.6 is 0 Å². The number of nitrogens with one attached hydrogen (secondary N) is 1. The molecule has 0 aromatic heterocycles. The molecule has 0 aliphatic heterocycles. The second kappa shape index (κ2) is 7.95. The normalized spacial score (nSPS) is 22.6. The van der Waals surface area contributed by atoms with Crippen LogP contribution in [0.2, 0.25) is 0 Å². The molecule has 2 aliphatic carbocycles. The van der Waals surface area contributed by atoms with Crippen LogP contribution in [0.15, 0.2) is 79.0 Å². The van der Waals surface area contributed by atoms with Gasteiger partial charge in [0.25, 0.3) is 0 Å². The topological polar surface area (TPSA) is 12.0 Å². The van der Waals surface area contributed by atoms with Gasteiger partial charge >= 0.3 is 0 Å². The van der Waals surface area contributed by atoms with E-state index < -0.39 is 0 Å². The highest BCUT2D eigenvalue weighted by Gasteiger charge is 2.47. The molecule has 30 heavy (non-hydrogen) atoms. The predicted molar refractivity (Wildman–Crippen MR) is 129 cm³/mol.